The molecule has 5 nitrogen and oxygen atoms in total. The molecule has 0 fully saturated rings. The van der Waals surface area contributed by atoms with Crippen molar-refractivity contribution in [2.24, 2.45) is 0 Å². The first-order valence-corrected chi connectivity index (χ1v) is 9.22. The van der Waals surface area contributed by atoms with Crippen LogP contribution in [-0.2, 0) is 6.54 Å². The van der Waals surface area contributed by atoms with Gasteiger partial charge in [-0.05, 0) is 42.0 Å². The van der Waals surface area contributed by atoms with E-state index >= 15 is 0 Å². The third-order valence-corrected chi connectivity index (χ3v) is 4.41. The zero-order chi connectivity index (χ0) is 19.9. The van der Waals surface area contributed by atoms with E-state index in [4.69, 9.17) is 23.2 Å². The van der Waals surface area contributed by atoms with Crippen LogP contribution in [0.25, 0.3) is 0 Å². The number of hydrogen-bond donors (Lipinski definition) is 3. The number of carbonyl (C=O) groups is 2. The molecule has 0 bridgehead atoms. The summed E-state index contributed by atoms with van der Waals surface area (Å²) >= 11 is 11.9. The number of halogens is 2. The van der Waals surface area contributed by atoms with Crippen LogP contribution in [0.15, 0.2) is 72.8 Å². The highest BCUT2D eigenvalue weighted by Gasteiger charge is 2.09. The summed E-state index contributed by atoms with van der Waals surface area (Å²) in [5.41, 5.74) is 2.36. The van der Waals surface area contributed by atoms with Gasteiger partial charge >= 0.3 is 6.03 Å². The van der Waals surface area contributed by atoms with Crippen LogP contribution in [0.4, 0.5) is 16.2 Å². The third kappa shape index (κ3) is 5.49. The molecule has 7 heteroatoms. The van der Waals surface area contributed by atoms with Crippen LogP contribution in [0.1, 0.15) is 15.9 Å². The Kier molecular flexibility index (Phi) is 6.53. The molecule has 142 valence electrons. The van der Waals surface area contributed by atoms with Crippen molar-refractivity contribution in [3.63, 3.8) is 0 Å². The third-order valence-electron chi connectivity index (χ3n) is 3.86. The zero-order valence-corrected chi connectivity index (χ0v) is 16.2. The molecule has 0 atom stereocenters. The van der Waals surface area contributed by atoms with E-state index in [1.165, 1.54) is 6.07 Å². The van der Waals surface area contributed by atoms with Gasteiger partial charge in [-0.3, -0.25) is 4.79 Å². The maximum atomic E-state index is 12.4. The lowest BCUT2D eigenvalue weighted by atomic mass is 10.1. The van der Waals surface area contributed by atoms with E-state index in [-0.39, 0.29) is 5.91 Å². The van der Waals surface area contributed by atoms with Crippen LogP contribution in [-0.4, -0.2) is 11.9 Å². The van der Waals surface area contributed by atoms with Crippen molar-refractivity contribution in [2.75, 3.05) is 10.6 Å². The van der Waals surface area contributed by atoms with Crippen LogP contribution < -0.4 is 16.0 Å². The Morgan fingerprint density at radius 2 is 1.61 bits per heavy atom. The van der Waals surface area contributed by atoms with Crippen molar-refractivity contribution in [1.82, 2.24) is 5.32 Å². The van der Waals surface area contributed by atoms with E-state index in [0.29, 0.717) is 33.5 Å². The van der Waals surface area contributed by atoms with E-state index < -0.39 is 6.03 Å². The van der Waals surface area contributed by atoms with Crippen LogP contribution in [0, 0.1) is 0 Å². The molecular weight excluding hydrogens is 397 g/mol. The molecule has 3 aromatic carbocycles. The summed E-state index contributed by atoms with van der Waals surface area (Å²) in [6.45, 7) is 0.423. The number of hydrogen-bond acceptors (Lipinski definition) is 2. The molecule has 0 radical (unpaired) electrons. The minimum absolute atomic E-state index is 0.228. The summed E-state index contributed by atoms with van der Waals surface area (Å²) in [4.78, 5) is 24.6. The van der Waals surface area contributed by atoms with Crippen LogP contribution >= 0.6 is 23.2 Å². The fraction of sp³-hybridized carbons (Fsp3) is 0.0476. The number of urea groups is 1. The van der Waals surface area contributed by atoms with Gasteiger partial charge in [0.15, 0.2) is 0 Å². The molecule has 0 saturated carbocycles. The number of rotatable bonds is 5. The van der Waals surface area contributed by atoms with Gasteiger partial charge in [-0.25, -0.2) is 4.79 Å². The standard InChI is InChI=1S/C21H17Cl2N3O2/c22-16-9-10-19(18(23)12-16)26-21(28)25-17-8-4-7-15(11-17)20(27)24-13-14-5-2-1-3-6-14/h1-12H,13H2,(H,24,27)(H2,25,26,28). The second kappa shape index (κ2) is 9.26. The Bertz CT molecular complexity index is 994. The summed E-state index contributed by atoms with van der Waals surface area (Å²) in [6, 6.07) is 20.6. The van der Waals surface area contributed by atoms with Crippen molar-refractivity contribution in [2.45, 2.75) is 6.54 Å². The fourth-order valence-corrected chi connectivity index (χ4v) is 2.95. The molecule has 0 aliphatic heterocycles. The Hall–Kier alpha value is -3.02. The van der Waals surface area contributed by atoms with Crippen molar-refractivity contribution in [1.29, 1.82) is 0 Å². The smallest absolute Gasteiger partial charge is 0.323 e. The molecule has 0 aliphatic carbocycles. The highest BCUT2D eigenvalue weighted by atomic mass is 35.5. The highest BCUT2D eigenvalue weighted by molar-refractivity contribution is 6.36. The molecule has 28 heavy (non-hydrogen) atoms. The largest absolute Gasteiger partial charge is 0.348 e. The topological polar surface area (TPSA) is 70.2 Å². The second-order valence-electron chi connectivity index (χ2n) is 5.95. The SMILES string of the molecule is O=C(Nc1cccc(C(=O)NCc2ccccc2)c1)Nc1ccc(Cl)cc1Cl. The Morgan fingerprint density at radius 1 is 0.821 bits per heavy atom. The summed E-state index contributed by atoms with van der Waals surface area (Å²) in [5.74, 6) is -0.228. The normalized spacial score (nSPS) is 10.2. The van der Waals surface area contributed by atoms with Gasteiger partial charge in [-0.15, -0.1) is 0 Å². The lowest BCUT2D eigenvalue weighted by Crippen LogP contribution is -2.23. The molecule has 0 aliphatic rings. The lowest BCUT2D eigenvalue weighted by Gasteiger charge is -2.11. The number of carbonyl (C=O) groups excluding carboxylic acids is 2. The number of nitrogens with one attached hydrogen (secondary N) is 3. The van der Waals surface area contributed by atoms with E-state index in [0.717, 1.165) is 5.56 Å². The van der Waals surface area contributed by atoms with E-state index in [1.54, 1.807) is 36.4 Å². The predicted molar refractivity (Wildman–Crippen MR) is 113 cm³/mol. The first kappa shape index (κ1) is 19.7. The molecule has 3 aromatic rings. The molecule has 0 aromatic heterocycles. The second-order valence-corrected chi connectivity index (χ2v) is 6.80. The van der Waals surface area contributed by atoms with Gasteiger partial charge in [0, 0.05) is 22.8 Å². The monoisotopic (exact) mass is 413 g/mol. The van der Waals surface area contributed by atoms with Gasteiger partial charge in [0.2, 0.25) is 0 Å². The Balaban J connectivity index is 1.60. The molecule has 0 saturated heterocycles. The average molecular weight is 414 g/mol. The van der Waals surface area contributed by atoms with Gasteiger partial charge in [-0.1, -0.05) is 59.6 Å². The summed E-state index contributed by atoms with van der Waals surface area (Å²) in [7, 11) is 0. The highest BCUT2D eigenvalue weighted by Crippen LogP contribution is 2.25. The average Bonchev–Trinajstić information content (AvgIpc) is 2.69. The maximum absolute atomic E-state index is 12.4. The van der Waals surface area contributed by atoms with Crippen LogP contribution in [0.2, 0.25) is 10.0 Å². The predicted octanol–water partition coefficient (Wildman–Crippen LogP) is 5.57. The van der Waals surface area contributed by atoms with E-state index in [2.05, 4.69) is 16.0 Å². The summed E-state index contributed by atoms with van der Waals surface area (Å²) in [6.07, 6.45) is 0. The molecule has 0 unspecified atom stereocenters. The number of anilines is 2. The quantitative estimate of drug-likeness (QED) is 0.511. The molecule has 3 rings (SSSR count). The minimum Gasteiger partial charge on any atom is -0.348 e. The van der Waals surface area contributed by atoms with Gasteiger partial charge in [0.05, 0.1) is 10.7 Å². The van der Waals surface area contributed by atoms with Gasteiger partial charge < -0.3 is 16.0 Å². The van der Waals surface area contributed by atoms with Gasteiger partial charge in [0.1, 0.15) is 0 Å². The van der Waals surface area contributed by atoms with Gasteiger partial charge in [0.25, 0.3) is 5.91 Å². The number of amides is 3. The first-order chi connectivity index (χ1) is 13.5. The van der Waals surface area contributed by atoms with E-state index in [1.807, 2.05) is 30.3 Å². The summed E-state index contributed by atoms with van der Waals surface area (Å²) in [5, 5.41) is 8.98. The zero-order valence-electron chi connectivity index (χ0n) is 14.7. The van der Waals surface area contributed by atoms with Crippen LogP contribution in [0.3, 0.4) is 0 Å². The molecule has 3 amide bonds. The van der Waals surface area contributed by atoms with E-state index in [9.17, 15) is 9.59 Å². The van der Waals surface area contributed by atoms with Crippen molar-refractivity contribution >= 4 is 46.5 Å². The fourth-order valence-electron chi connectivity index (χ4n) is 2.49. The Morgan fingerprint density at radius 3 is 2.36 bits per heavy atom. The van der Waals surface area contributed by atoms with Crippen molar-refractivity contribution < 1.29 is 9.59 Å². The summed E-state index contributed by atoms with van der Waals surface area (Å²) < 4.78 is 0. The molecule has 0 spiro atoms. The first-order valence-electron chi connectivity index (χ1n) is 8.46. The molecule has 0 heterocycles. The maximum Gasteiger partial charge on any atom is 0.323 e. The minimum atomic E-state index is -0.480. The molecule has 3 N–H and O–H groups in total. The van der Waals surface area contributed by atoms with Gasteiger partial charge in [-0.2, -0.15) is 0 Å². The van der Waals surface area contributed by atoms with Crippen molar-refractivity contribution in [3.05, 3.63) is 94.0 Å². The molecular formula is C21H17Cl2N3O2. The van der Waals surface area contributed by atoms with Crippen LogP contribution in [0.5, 0.6) is 0 Å². The van der Waals surface area contributed by atoms with Crippen molar-refractivity contribution in [3.8, 4) is 0 Å². The lowest BCUT2D eigenvalue weighted by molar-refractivity contribution is 0.0951. The Labute approximate surface area is 172 Å². The number of benzene rings is 3.